The summed E-state index contributed by atoms with van der Waals surface area (Å²) in [5.74, 6) is 0. The molecule has 0 aliphatic heterocycles. The molecule has 10 heavy (non-hydrogen) atoms. The molecule has 0 bridgehead atoms. The SMILES string of the molecule is Clc1c[c-]ccc1Cl.I.[Zn]. The van der Waals surface area contributed by atoms with Crippen LogP contribution in [0, 0.1) is 6.07 Å². The van der Waals surface area contributed by atoms with Crippen LogP contribution in [-0.2, 0) is 19.5 Å². The van der Waals surface area contributed by atoms with Crippen molar-refractivity contribution in [3.8, 4) is 0 Å². The first-order chi connectivity index (χ1) is 3.80. The fraction of sp³-hybridized carbons (Fsp3) is 0. The van der Waals surface area contributed by atoms with Gasteiger partial charge in [0.2, 0.25) is 0 Å². The number of rotatable bonds is 0. The van der Waals surface area contributed by atoms with Gasteiger partial charge >= 0.3 is 0 Å². The van der Waals surface area contributed by atoms with E-state index in [4.69, 9.17) is 23.2 Å². The van der Waals surface area contributed by atoms with Gasteiger partial charge in [-0.3, -0.25) is 0 Å². The van der Waals surface area contributed by atoms with Gasteiger partial charge in [0.1, 0.15) is 0 Å². The number of hydrogen-bond donors (Lipinski definition) is 0. The van der Waals surface area contributed by atoms with Gasteiger partial charge in [0, 0.05) is 19.5 Å². The molecule has 0 atom stereocenters. The molecule has 52 valence electrons. The van der Waals surface area contributed by atoms with Crippen LogP contribution in [0.15, 0.2) is 18.2 Å². The smallest absolute Gasteiger partial charge is 0 e. The summed E-state index contributed by atoms with van der Waals surface area (Å²) in [7, 11) is 0. The van der Waals surface area contributed by atoms with Crippen LogP contribution < -0.4 is 0 Å². The molecule has 0 saturated carbocycles. The van der Waals surface area contributed by atoms with Crippen molar-refractivity contribution in [2.75, 3.05) is 0 Å². The predicted octanol–water partition coefficient (Wildman–Crippen LogP) is 3.41. The quantitative estimate of drug-likeness (QED) is 0.386. The first-order valence-corrected chi connectivity index (χ1v) is 2.87. The normalized spacial score (nSPS) is 7.40. The van der Waals surface area contributed by atoms with E-state index in [0.29, 0.717) is 10.0 Å². The number of halogens is 3. The minimum Gasteiger partial charge on any atom is -0.182 e. The van der Waals surface area contributed by atoms with E-state index < -0.39 is 0 Å². The van der Waals surface area contributed by atoms with E-state index in [0.717, 1.165) is 0 Å². The molecule has 1 aromatic rings. The second kappa shape index (κ2) is 6.84. The molecule has 1 aromatic carbocycles. The maximum atomic E-state index is 5.56. The van der Waals surface area contributed by atoms with Crippen LogP contribution in [0.2, 0.25) is 10.0 Å². The first kappa shape index (κ1) is 13.7. The summed E-state index contributed by atoms with van der Waals surface area (Å²) in [5, 5.41) is 1.12. The minimum absolute atomic E-state index is 0. The van der Waals surface area contributed by atoms with E-state index in [2.05, 4.69) is 6.07 Å². The third-order valence-corrected chi connectivity index (χ3v) is 1.50. The summed E-state index contributed by atoms with van der Waals surface area (Å²) >= 11 is 11.1. The summed E-state index contributed by atoms with van der Waals surface area (Å²) in [6, 6.07) is 7.83. The van der Waals surface area contributed by atoms with Crippen molar-refractivity contribution in [1.29, 1.82) is 0 Å². The van der Waals surface area contributed by atoms with Crippen LogP contribution in [-0.4, -0.2) is 0 Å². The average molecular weight is 339 g/mol. The fourth-order valence-electron chi connectivity index (χ4n) is 0.391. The summed E-state index contributed by atoms with van der Waals surface area (Å²) in [4.78, 5) is 0. The molecule has 0 heterocycles. The van der Waals surface area contributed by atoms with Crippen LogP contribution >= 0.6 is 47.2 Å². The predicted molar refractivity (Wildman–Crippen MR) is 50.7 cm³/mol. The van der Waals surface area contributed by atoms with Crippen molar-refractivity contribution >= 4 is 47.2 Å². The summed E-state index contributed by atoms with van der Waals surface area (Å²) in [6.07, 6.45) is 0. The van der Waals surface area contributed by atoms with Gasteiger partial charge in [-0.25, -0.2) is 0 Å². The molecule has 0 fully saturated rings. The monoisotopic (exact) mass is 337 g/mol. The zero-order valence-corrected chi connectivity index (χ0v) is 11.9. The Labute approximate surface area is 100 Å². The Hall–Kier alpha value is 1.15. The molecule has 0 unspecified atom stereocenters. The molecular formula is C6H4Cl2IZn-. The average Bonchev–Trinajstić information content (AvgIpc) is 1.77. The van der Waals surface area contributed by atoms with Crippen LogP contribution in [0.3, 0.4) is 0 Å². The largest absolute Gasteiger partial charge is 0.182 e. The standard InChI is InChI=1S/C6H3Cl2.HI.Zn/c7-5-3-1-2-4-6(5)8;;/h1,3-4H;1H;/q-1;;. The van der Waals surface area contributed by atoms with E-state index in [1.807, 2.05) is 0 Å². The van der Waals surface area contributed by atoms with E-state index in [1.54, 1.807) is 18.2 Å². The molecule has 0 radical (unpaired) electrons. The molecule has 0 amide bonds. The maximum absolute atomic E-state index is 5.56. The second-order valence-electron chi connectivity index (χ2n) is 1.34. The van der Waals surface area contributed by atoms with Gasteiger partial charge < -0.3 is 0 Å². The molecule has 0 aliphatic carbocycles. The summed E-state index contributed by atoms with van der Waals surface area (Å²) < 4.78 is 0. The van der Waals surface area contributed by atoms with E-state index >= 15 is 0 Å². The van der Waals surface area contributed by atoms with Gasteiger partial charge in [-0.15, -0.1) is 35.6 Å². The van der Waals surface area contributed by atoms with Gasteiger partial charge in [0.25, 0.3) is 0 Å². The van der Waals surface area contributed by atoms with E-state index in [9.17, 15) is 0 Å². The zero-order chi connectivity index (χ0) is 5.98. The Kier molecular flexibility index (Phi) is 9.38. The second-order valence-corrected chi connectivity index (χ2v) is 2.15. The third-order valence-electron chi connectivity index (χ3n) is 0.764. The Balaban J connectivity index is 0. The molecule has 1 rings (SSSR count). The Morgan fingerprint density at radius 1 is 1.20 bits per heavy atom. The third kappa shape index (κ3) is 4.12. The van der Waals surface area contributed by atoms with Crippen molar-refractivity contribution in [1.82, 2.24) is 0 Å². The Morgan fingerprint density at radius 3 is 2.10 bits per heavy atom. The molecule has 0 N–H and O–H groups in total. The van der Waals surface area contributed by atoms with Crippen LogP contribution in [0.1, 0.15) is 0 Å². The first-order valence-electron chi connectivity index (χ1n) is 2.12. The molecule has 0 aromatic heterocycles. The summed E-state index contributed by atoms with van der Waals surface area (Å²) in [5.41, 5.74) is 0. The van der Waals surface area contributed by atoms with Crippen LogP contribution in [0.4, 0.5) is 0 Å². The van der Waals surface area contributed by atoms with Gasteiger partial charge in [-0.05, 0) is 0 Å². The molecule has 0 spiro atoms. The maximum Gasteiger partial charge on any atom is 0 e. The number of hydrogen-bond acceptors (Lipinski definition) is 0. The zero-order valence-electron chi connectivity index (χ0n) is 5.10. The van der Waals surface area contributed by atoms with Crippen molar-refractivity contribution < 1.29 is 19.5 Å². The van der Waals surface area contributed by atoms with Crippen LogP contribution in [0.5, 0.6) is 0 Å². The van der Waals surface area contributed by atoms with Gasteiger partial charge in [-0.2, -0.15) is 35.9 Å². The minimum atomic E-state index is 0. The fourth-order valence-corrected chi connectivity index (χ4v) is 0.635. The Morgan fingerprint density at radius 2 is 1.80 bits per heavy atom. The molecule has 0 nitrogen and oxygen atoms in total. The summed E-state index contributed by atoms with van der Waals surface area (Å²) in [6.45, 7) is 0. The number of benzene rings is 1. The van der Waals surface area contributed by atoms with Gasteiger partial charge in [-0.1, -0.05) is 10.0 Å². The van der Waals surface area contributed by atoms with Gasteiger partial charge in [0.05, 0.1) is 0 Å². The van der Waals surface area contributed by atoms with E-state index in [1.165, 1.54) is 0 Å². The van der Waals surface area contributed by atoms with E-state index in [-0.39, 0.29) is 43.5 Å². The van der Waals surface area contributed by atoms with Crippen molar-refractivity contribution in [3.05, 3.63) is 34.3 Å². The van der Waals surface area contributed by atoms with Gasteiger partial charge in [0.15, 0.2) is 0 Å². The molecule has 0 aliphatic rings. The molecule has 0 saturated heterocycles. The molecular weight excluding hydrogens is 335 g/mol. The van der Waals surface area contributed by atoms with Crippen LogP contribution in [0.25, 0.3) is 0 Å². The van der Waals surface area contributed by atoms with Crippen molar-refractivity contribution in [2.24, 2.45) is 0 Å². The molecule has 4 heteroatoms. The Bertz CT molecular complexity index is 172. The van der Waals surface area contributed by atoms with Crippen molar-refractivity contribution in [2.45, 2.75) is 0 Å². The van der Waals surface area contributed by atoms with Crippen molar-refractivity contribution in [3.63, 3.8) is 0 Å². The topological polar surface area (TPSA) is 0 Å².